The van der Waals surface area contributed by atoms with Crippen molar-refractivity contribution < 1.29 is 4.55 Å². The number of benzene rings is 1. The van der Waals surface area contributed by atoms with Gasteiger partial charge in [-0.05, 0) is 66.8 Å². The average molecular weight is 408 g/mol. The number of allylic oxidation sites excluding steroid dienone is 5. The van der Waals surface area contributed by atoms with Crippen LogP contribution in [-0.4, -0.2) is 38.7 Å². The fraction of sp³-hybridized carbons (Fsp3) is 0.375. The van der Waals surface area contributed by atoms with Crippen LogP contribution in [0.3, 0.4) is 0 Å². The van der Waals surface area contributed by atoms with Crippen molar-refractivity contribution in [1.82, 2.24) is 9.29 Å². The molecule has 0 bridgehead atoms. The average Bonchev–Trinajstić information content (AvgIpc) is 2.79. The molecule has 2 aliphatic rings. The number of anilines is 1. The highest BCUT2D eigenvalue weighted by molar-refractivity contribution is 7.89. The second kappa shape index (κ2) is 9.16. The molecule has 4 rings (SSSR count). The van der Waals surface area contributed by atoms with Crippen LogP contribution in [0.15, 0.2) is 61.5 Å². The first-order valence-electron chi connectivity index (χ1n) is 10.5. The molecule has 0 radical (unpaired) electrons. The fourth-order valence-electron chi connectivity index (χ4n) is 4.15. The smallest absolute Gasteiger partial charge is 0.123 e. The molecule has 2 aromatic rings. The predicted octanol–water partition coefficient (Wildman–Crippen LogP) is 4.94. The first kappa shape index (κ1) is 20.2. The van der Waals surface area contributed by atoms with Crippen LogP contribution in [0.5, 0.6) is 0 Å². The van der Waals surface area contributed by atoms with E-state index in [0.29, 0.717) is 17.7 Å². The highest BCUT2D eigenvalue weighted by atomic mass is 32.2. The zero-order chi connectivity index (χ0) is 20.2. The minimum absolute atomic E-state index is 0.385. The molecule has 1 aromatic carbocycles. The molecule has 1 saturated heterocycles. The van der Waals surface area contributed by atoms with Gasteiger partial charge in [0.05, 0.1) is 0 Å². The summed E-state index contributed by atoms with van der Waals surface area (Å²) in [7, 11) is 0. The number of rotatable bonds is 6. The van der Waals surface area contributed by atoms with Crippen LogP contribution in [0.1, 0.15) is 31.7 Å². The van der Waals surface area contributed by atoms with Crippen LogP contribution >= 0.6 is 0 Å². The molecule has 0 saturated carbocycles. The van der Waals surface area contributed by atoms with Crippen molar-refractivity contribution >= 4 is 33.4 Å². The standard InChI is InChI=1S/C24H29N3OS/c1-3-18-6-5-7-19(14-18)21-15-20-8-11-25-17-23(20)24(16-21)26-22-9-12-27(13-10-22)29(28)4-2/h3,5,7-8,11,14-18,22,26H,1,4,6,9-10,12-13H2,2H3. The van der Waals surface area contributed by atoms with Crippen LogP contribution in [0, 0.1) is 5.92 Å². The largest absolute Gasteiger partial charge is 0.598 e. The van der Waals surface area contributed by atoms with E-state index in [1.807, 2.05) is 25.4 Å². The summed E-state index contributed by atoms with van der Waals surface area (Å²) in [6.45, 7) is 7.70. The molecule has 1 fully saturated rings. The van der Waals surface area contributed by atoms with Gasteiger partial charge in [0, 0.05) is 54.0 Å². The van der Waals surface area contributed by atoms with Gasteiger partial charge in [-0.25, -0.2) is 0 Å². The zero-order valence-electron chi connectivity index (χ0n) is 17.0. The molecule has 5 heteroatoms. The Balaban J connectivity index is 1.60. The first-order chi connectivity index (χ1) is 14.2. The Morgan fingerprint density at radius 3 is 2.93 bits per heavy atom. The van der Waals surface area contributed by atoms with Gasteiger partial charge in [0.2, 0.25) is 0 Å². The minimum Gasteiger partial charge on any atom is -0.598 e. The van der Waals surface area contributed by atoms with E-state index in [1.165, 1.54) is 16.5 Å². The molecule has 1 aliphatic carbocycles. The Labute approximate surface area is 176 Å². The van der Waals surface area contributed by atoms with E-state index in [0.717, 1.165) is 43.4 Å². The summed E-state index contributed by atoms with van der Waals surface area (Å²) in [6.07, 6.45) is 15.6. The second-order valence-electron chi connectivity index (χ2n) is 7.74. The third-order valence-corrected chi connectivity index (χ3v) is 7.27. The van der Waals surface area contributed by atoms with Crippen molar-refractivity contribution in [3.8, 4) is 0 Å². The number of nitrogens with zero attached hydrogens (tertiary/aromatic N) is 2. The van der Waals surface area contributed by atoms with Crippen molar-refractivity contribution in [3.63, 3.8) is 0 Å². The fourth-order valence-corrected chi connectivity index (χ4v) is 5.14. The van der Waals surface area contributed by atoms with E-state index in [1.54, 1.807) is 0 Å². The molecule has 1 aliphatic heterocycles. The van der Waals surface area contributed by atoms with E-state index in [4.69, 9.17) is 0 Å². The Hall–Kier alpha value is -2.08. The SMILES string of the molecule is C=CC1C=C(c2cc(NC3CCN([S+]([O-])CC)CC3)c3cnccc3c2)C=CC1. The monoisotopic (exact) mass is 407 g/mol. The quantitative estimate of drug-likeness (QED) is 0.544. The lowest BCUT2D eigenvalue weighted by Gasteiger charge is -2.32. The van der Waals surface area contributed by atoms with Crippen molar-refractivity contribution in [2.24, 2.45) is 5.92 Å². The van der Waals surface area contributed by atoms with Gasteiger partial charge in [-0.1, -0.05) is 24.3 Å². The van der Waals surface area contributed by atoms with Crippen LogP contribution in [-0.2, 0) is 11.4 Å². The maximum absolute atomic E-state index is 12.1. The van der Waals surface area contributed by atoms with Gasteiger partial charge in [0.1, 0.15) is 5.75 Å². The number of fused-ring (bicyclic) bond motifs is 1. The molecular weight excluding hydrogens is 378 g/mol. The Morgan fingerprint density at radius 2 is 2.17 bits per heavy atom. The molecule has 2 atom stereocenters. The van der Waals surface area contributed by atoms with E-state index >= 15 is 0 Å². The number of hydrogen-bond donors (Lipinski definition) is 1. The third kappa shape index (κ3) is 4.58. The number of pyridine rings is 1. The highest BCUT2D eigenvalue weighted by Gasteiger charge is 2.26. The van der Waals surface area contributed by atoms with Crippen LogP contribution in [0.25, 0.3) is 16.3 Å². The topological polar surface area (TPSA) is 51.2 Å². The Morgan fingerprint density at radius 1 is 1.34 bits per heavy atom. The summed E-state index contributed by atoms with van der Waals surface area (Å²) < 4.78 is 14.2. The molecule has 152 valence electrons. The molecular formula is C24H29N3OS. The molecule has 0 amide bonds. The van der Waals surface area contributed by atoms with Gasteiger partial charge in [0.15, 0.2) is 0 Å². The van der Waals surface area contributed by atoms with Crippen LogP contribution < -0.4 is 5.32 Å². The van der Waals surface area contributed by atoms with Gasteiger partial charge in [0.25, 0.3) is 0 Å². The molecule has 0 spiro atoms. The van der Waals surface area contributed by atoms with Crippen molar-refractivity contribution in [2.45, 2.75) is 32.2 Å². The number of aromatic nitrogens is 1. The summed E-state index contributed by atoms with van der Waals surface area (Å²) in [5, 5.41) is 6.11. The summed E-state index contributed by atoms with van der Waals surface area (Å²) in [6, 6.07) is 6.96. The normalized spacial score (nSPS) is 21.7. The second-order valence-corrected chi connectivity index (χ2v) is 9.47. The van der Waals surface area contributed by atoms with Crippen LogP contribution in [0.4, 0.5) is 5.69 Å². The van der Waals surface area contributed by atoms with Crippen molar-refractivity contribution in [2.75, 3.05) is 24.2 Å². The van der Waals surface area contributed by atoms with Gasteiger partial charge >= 0.3 is 0 Å². The number of nitrogens with one attached hydrogen (secondary N) is 1. The maximum Gasteiger partial charge on any atom is 0.123 e. The van der Waals surface area contributed by atoms with Gasteiger partial charge in [-0.3, -0.25) is 4.98 Å². The maximum atomic E-state index is 12.1. The van der Waals surface area contributed by atoms with Crippen LogP contribution in [0.2, 0.25) is 0 Å². The molecule has 2 heterocycles. The van der Waals surface area contributed by atoms with E-state index < -0.39 is 11.4 Å². The molecule has 29 heavy (non-hydrogen) atoms. The van der Waals surface area contributed by atoms with Crippen molar-refractivity contribution in [3.05, 3.63) is 67.0 Å². The van der Waals surface area contributed by atoms with Gasteiger partial charge in [-0.2, -0.15) is 0 Å². The molecule has 2 unspecified atom stereocenters. The van der Waals surface area contributed by atoms with Gasteiger partial charge in [-0.15, -0.1) is 10.9 Å². The number of hydrogen-bond acceptors (Lipinski definition) is 4. The van der Waals surface area contributed by atoms with Gasteiger partial charge < -0.3 is 9.87 Å². The lowest BCUT2D eigenvalue weighted by molar-refractivity contribution is 0.330. The lowest BCUT2D eigenvalue weighted by Crippen LogP contribution is -2.42. The summed E-state index contributed by atoms with van der Waals surface area (Å²) in [5.74, 6) is 1.09. The summed E-state index contributed by atoms with van der Waals surface area (Å²) >= 11 is -0.836. The minimum atomic E-state index is -0.836. The highest BCUT2D eigenvalue weighted by Crippen LogP contribution is 2.33. The lowest BCUT2D eigenvalue weighted by atomic mass is 9.91. The predicted molar refractivity (Wildman–Crippen MR) is 124 cm³/mol. The molecule has 4 nitrogen and oxygen atoms in total. The molecule has 1 N–H and O–H groups in total. The molecule has 1 aromatic heterocycles. The summed E-state index contributed by atoms with van der Waals surface area (Å²) in [4.78, 5) is 4.35. The Bertz CT molecular complexity index is 931. The summed E-state index contributed by atoms with van der Waals surface area (Å²) in [5.41, 5.74) is 3.60. The zero-order valence-corrected chi connectivity index (χ0v) is 17.8. The third-order valence-electron chi connectivity index (χ3n) is 5.84. The van der Waals surface area contributed by atoms with E-state index in [-0.39, 0.29) is 0 Å². The van der Waals surface area contributed by atoms with Crippen molar-refractivity contribution in [1.29, 1.82) is 0 Å². The van der Waals surface area contributed by atoms with E-state index in [2.05, 4.69) is 57.6 Å². The number of piperidine rings is 1. The van der Waals surface area contributed by atoms with E-state index in [9.17, 15) is 4.55 Å². The Kier molecular flexibility index (Phi) is 6.38. The first-order valence-corrected chi connectivity index (χ1v) is 11.7.